The summed E-state index contributed by atoms with van der Waals surface area (Å²) < 4.78 is 5.38. The first-order chi connectivity index (χ1) is 13.5. The van der Waals surface area contributed by atoms with Crippen LogP contribution in [0.5, 0.6) is 5.75 Å². The normalized spacial score (nSPS) is 11.9. The first-order valence-corrected chi connectivity index (χ1v) is 9.16. The summed E-state index contributed by atoms with van der Waals surface area (Å²) in [4.78, 5) is 27.2. The summed E-state index contributed by atoms with van der Waals surface area (Å²) in [6.07, 6.45) is 2.31. The molecule has 0 aliphatic heterocycles. The first kappa shape index (κ1) is 19.5. The van der Waals surface area contributed by atoms with Gasteiger partial charge >= 0.3 is 5.97 Å². The number of hydrogen-bond donors (Lipinski definition) is 3. The van der Waals surface area contributed by atoms with Crippen LogP contribution in [0.3, 0.4) is 0 Å². The number of carboxylic acid groups (broad SMARTS) is 1. The number of aliphatic carboxylic acids is 1. The molecule has 2 aromatic carbocycles. The Kier molecular flexibility index (Phi) is 5.99. The number of benzene rings is 2. The summed E-state index contributed by atoms with van der Waals surface area (Å²) in [5.74, 6) is -1.12. The van der Waals surface area contributed by atoms with Gasteiger partial charge in [0.05, 0.1) is 19.4 Å². The number of carbonyl (C=O) groups is 2. The van der Waals surface area contributed by atoms with E-state index in [4.69, 9.17) is 4.74 Å². The van der Waals surface area contributed by atoms with Crippen LogP contribution in [0.4, 0.5) is 0 Å². The highest BCUT2D eigenvalue weighted by molar-refractivity contribution is 5.93. The minimum absolute atomic E-state index is 0.0849. The van der Waals surface area contributed by atoms with Crippen LogP contribution in [-0.2, 0) is 22.4 Å². The molecule has 3 N–H and O–H groups in total. The number of hydrogen-bond acceptors (Lipinski definition) is 3. The smallest absolute Gasteiger partial charge is 0.308 e. The van der Waals surface area contributed by atoms with Crippen molar-refractivity contribution in [1.29, 1.82) is 0 Å². The Morgan fingerprint density at radius 1 is 1.21 bits per heavy atom. The summed E-state index contributed by atoms with van der Waals surface area (Å²) >= 11 is 0. The molecule has 28 heavy (non-hydrogen) atoms. The van der Waals surface area contributed by atoms with Crippen LogP contribution in [0.1, 0.15) is 16.7 Å². The molecule has 0 saturated heterocycles. The van der Waals surface area contributed by atoms with E-state index in [0.29, 0.717) is 12.2 Å². The predicted octanol–water partition coefficient (Wildman–Crippen LogP) is 3.09. The lowest BCUT2D eigenvalue weighted by molar-refractivity contribution is -0.141. The molecule has 0 radical (unpaired) electrons. The van der Waals surface area contributed by atoms with Gasteiger partial charge in [-0.25, -0.2) is 0 Å². The molecule has 0 saturated carbocycles. The highest BCUT2D eigenvalue weighted by Crippen LogP contribution is 2.28. The number of methoxy groups -OCH3 is 1. The molecular weight excluding hydrogens is 356 g/mol. The number of carbonyl (C=O) groups excluding carboxylic acids is 1. The van der Waals surface area contributed by atoms with Crippen molar-refractivity contribution in [3.05, 3.63) is 65.4 Å². The highest BCUT2D eigenvalue weighted by atomic mass is 16.5. The van der Waals surface area contributed by atoms with Crippen molar-refractivity contribution in [3.63, 3.8) is 0 Å². The van der Waals surface area contributed by atoms with E-state index in [1.165, 1.54) is 0 Å². The van der Waals surface area contributed by atoms with Gasteiger partial charge in [0.1, 0.15) is 5.75 Å². The Balaban J connectivity index is 1.65. The van der Waals surface area contributed by atoms with Gasteiger partial charge < -0.3 is 20.1 Å². The lowest BCUT2D eigenvalue weighted by Gasteiger charge is -2.14. The fourth-order valence-electron chi connectivity index (χ4n) is 3.37. The first-order valence-electron chi connectivity index (χ1n) is 9.16. The van der Waals surface area contributed by atoms with Gasteiger partial charge in [0, 0.05) is 23.6 Å². The summed E-state index contributed by atoms with van der Waals surface area (Å²) in [6.45, 7) is 2.05. The molecule has 1 heterocycles. The van der Waals surface area contributed by atoms with Crippen molar-refractivity contribution >= 4 is 22.8 Å². The number of rotatable bonds is 8. The minimum atomic E-state index is -0.921. The second kappa shape index (κ2) is 8.61. The molecule has 6 nitrogen and oxygen atoms in total. The standard InChI is InChI=1S/C22H24N2O4/c1-14-5-3-6-15(9-14)10-17(22(26)27)13-24-20(25)11-16-12-23-18-7-4-8-19(28-2)21(16)18/h3-9,12,17,23H,10-11,13H2,1-2H3,(H,24,25)(H,26,27). The van der Waals surface area contributed by atoms with E-state index in [1.807, 2.05) is 49.4 Å². The molecule has 0 spiro atoms. The monoisotopic (exact) mass is 380 g/mol. The van der Waals surface area contributed by atoms with E-state index < -0.39 is 11.9 Å². The molecule has 1 aromatic heterocycles. The SMILES string of the molecule is COc1cccc2[nH]cc(CC(=O)NCC(Cc3cccc(C)c3)C(=O)O)c12. The molecule has 3 rings (SSSR count). The Labute approximate surface area is 163 Å². The number of H-pyrrole nitrogens is 1. The average Bonchev–Trinajstić information content (AvgIpc) is 3.08. The summed E-state index contributed by atoms with van der Waals surface area (Å²) in [5, 5.41) is 13.1. The van der Waals surface area contributed by atoms with Crippen LogP contribution in [-0.4, -0.2) is 35.6 Å². The van der Waals surface area contributed by atoms with Crippen molar-refractivity contribution in [2.75, 3.05) is 13.7 Å². The van der Waals surface area contributed by atoms with Crippen LogP contribution in [0.15, 0.2) is 48.7 Å². The number of nitrogens with one attached hydrogen (secondary N) is 2. The summed E-state index contributed by atoms with van der Waals surface area (Å²) in [6, 6.07) is 13.4. The third kappa shape index (κ3) is 4.52. The van der Waals surface area contributed by atoms with E-state index in [9.17, 15) is 14.7 Å². The molecule has 1 atom stereocenters. The number of aromatic nitrogens is 1. The maximum absolute atomic E-state index is 12.4. The predicted molar refractivity (Wildman–Crippen MR) is 108 cm³/mol. The van der Waals surface area contributed by atoms with Crippen molar-refractivity contribution in [2.45, 2.75) is 19.8 Å². The third-order valence-electron chi connectivity index (χ3n) is 4.78. The second-order valence-corrected chi connectivity index (χ2v) is 6.91. The van der Waals surface area contributed by atoms with Crippen LogP contribution < -0.4 is 10.1 Å². The summed E-state index contributed by atoms with van der Waals surface area (Å²) in [7, 11) is 1.59. The number of aryl methyl sites for hydroxylation is 1. The molecule has 146 valence electrons. The molecule has 0 aliphatic rings. The lowest BCUT2D eigenvalue weighted by Crippen LogP contribution is -2.34. The molecule has 0 bridgehead atoms. The van der Waals surface area contributed by atoms with Gasteiger partial charge in [-0.3, -0.25) is 9.59 Å². The number of carboxylic acids is 1. The van der Waals surface area contributed by atoms with Gasteiger partial charge in [-0.1, -0.05) is 35.9 Å². The number of fused-ring (bicyclic) bond motifs is 1. The van der Waals surface area contributed by atoms with E-state index in [1.54, 1.807) is 13.3 Å². The average molecular weight is 380 g/mol. The number of aromatic amines is 1. The van der Waals surface area contributed by atoms with E-state index in [-0.39, 0.29) is 18.9 Å². The Hall–Kier alpha value is -3.28. The molecular formula is C22H24N2O4. The fourth-order valence-corrected chi connectivity index (χ4v) is 3.37. The van der Waals surface area contributed by atoms with Crippen molar-refractivity contribution in [2.24, 2.45) is 5.92 Å². The van der Waals surface area contributed by atoms with E-state index >= 15 is 0 Å². The topological polar surface area (TPSA) is 91.4 Å². The van der Waals surface area contributed by atoms with Crippen LogP contribution in [0, 0.1) is 12.8 Å². The van der Waals surface area contributed by atoms with E-state index in [0.717, 1.165) is 27.6 Å². The van der Waals surface area contributed by atoms with Crippen LogP contribution >= 0.6 is 0 Å². The largest absolute Gasteiger partial charge is 0.496 e. The maximum atomic E-state index is 12.4. The zero-order valence-corrected chi connectivity index (χ0v) is 16.0. The second-order valence-electron chi connectivity index (χ2n) is 6.91. The minimum Gasteiger partial charge on any atom is -0.496 e. The Morgan fingerprint density at radius 2 is 2.00 bits per heavy atom. The van der Waals surface area contributed by atoms with Gasteiger partial charge in [0.2, 0.25) is 5.91 Å². The Bertz CT molecular complexity index is 993. The third-order valence-corrected chi connectivity index (χ3v) is 4.78. The quantitative estimate of drug-likeness (QED) is 0.560. The van der Waals surface area contributed by atoms with Crippen molar-refractivity contribution < 1.29 is 19.4 Å². The van der Waals surface area contributed by atoms with Gasteiger partial charge in [0.15, 0.2) is 0 Å². The molecule has 1 amide bonds. The molecule has 3 aromatic rings. The Morgan fingerprint density at radius 3 is 2.71 bits per heavy atom. The van der Waals surface area contributed by atoms with Crippen molar-refractivity contribution in [1.82, 2.24) is 10.3 Å². The number of ether oxygens (including phenoxy) is 1. The zero-order valence-electron chi connectivity index (χ0n) is 16.0. The van der Waals surface area contributed by atoms with Gasteiger partial charge in [-0.15, -0.1) is 0 Å². The van der Waals surface area contributed by atoms with Gasteiger partial charge in [-0.2, -0.15) is 0 Å². The summed E-state index contributed by atoms with van der Waals surface area (Å²) in [5.41, 5.74) is 3.74. The lowest BCUT2D eigenvalue weighted by atomic mass is 9.98. The van der Waals surface area contributed by atoms with Gasteiger partial charge in [0.25, 0.3) is 0 Å². The van der Waals surface area contributed by atoms with Crippen molar-refractivity contribution in [3.8, 4) is 5.75 Å². The highest BCUT2D eigenvalue weighted by Gasteiger charge is 2.20. The van der Waals surface area contributed by atoms with Crippen LogP contribution in [0.25, 0.3) is 10.9 Å². The number of amides is 1. The maximum Gasteiger partial charge on any atom is 0.308 e. The molecule has 0 aliphatic carbocycles. The molecule has 1 unspecified atom stereocenters. The van der Waals surface area contributed by atoms with Crippen LogP contribution in [0.2, 0.25) is 0 Å². The molecule has 6 heteroatoms. The fraction of sp³-hybridized carbons (Fsp3) is 0.273. The molecule has 0 fully saturated rings. The van der Waals surface area contributed by atoms with E-state index in [2.05, 4.69) is 10.3 Å². The van der Waals surface area contributed by atoms with Gasteiger partial charge in [-0.05, 0) is 36.6 Å². The zero-order chi connectivity index (χ0) is 20.1.